The number of nitrogens with two attached hydrogens (primary N) is 1. The van der Waals surface area contributed by atoms with Crippen molar-refractivity contribution in [1.82, 2.24) is 4.98 Å². The average molecular weight is 190 g/mol. The van der Waals surface area contributed by atoms with Crippen LogP contribution in [0.25, 0.3) is 6.08 Å². The fourth-order valence-corrected chi connectivity index (χ4v) is 0.891. The van der Waals surface area contributed by atoms with Gasteiger partial charge in [-0.1, -0.05) is 6.07 Å². The minimum Gasteiger partial charge on any atom is -0.366 e. The summed E-state index contributed by atoms with van der Waals surface area (Å²) in [6, 6.07) is 3.30. The number of carbonyl (C=O) groups is 2. The molecule has 1 heterocycles. The summed E-state index contributed by atoms with van der Waals surface area (Å²) in [5.41, 5.74) is 6.05. The van der Waals surface area contributed by atoms with Gasteiger partial charge in [-0.2, -0.15) is 0 Å². The third-order valence-corrected chi connectivity index (χ3v) is 1.59. The standard InChI is InChI=1S/C10H10N2O2/c1-7(13)9-4-2-8(6-12-9)3-5-10(11)14/h2-6H,1H3,(H2,11,14). The second-order valence-corrected chi connectivity index (χ2v) is 2.77. The molecule has 0 fully saturated rings. The van der Waals surface area contributed by atoms with Gasteiger partial charge in [0.05, 0.1) is 0 Å². The molecule has 0 aliphatic rings. The molecule has 0 aliphatic carbocycles. The van der Waals surface area contributed by atoms with Gasteiger partial charge in [0.15, 0.2) is 5.78 Å². The van der Waals surface area contributed by atoms with Gasteiger partial charge in [-0.3, -0.25) is 14.6 Å². The first-order chi connectivity index (χ1) is 6.59. The zero-order chi connectivity index (χ0) is 10.6. The van der Waals surface area contributed by atoms with Crippen molar-refractivity contribution >= 4 is 17.8 Å². The zero-order valence-electron chi connectivity index (χ0n) is 7.73. The summed E-state index contributed by atoms with van der Waals surface area (Å²) in [6.07, 6.45) is 4.29. The molecule has 0 unspecified atom stereocenters. The van der Waals surface area contributed by atoms with Gasteiger partial charge in [0.25, 0.3) is 0 Å². The lowest BCUT2D eigenvalue weighted by Crippen LogP contribution is -2.05. The van der Waals surface area contributed by atoms with Gasteiger partial charge in [0.1, 0.15) is 5.69 Å². The van der Waals surface area contributed by atoms with E-state index in [9.17, 15) is 9.59 Å². The van der Waals surface area contributed by atoms with Crippen LogP contribution >= 0.6 is 0 Å². The lowest BCUT2D eigenvalue weighted by Gasteiger charge is -1.94. The minimum absolute atomic E-state index is 0.0876. The molecule has 0 atom stereocenters. The molecular weight excluding hydrogens is 180 g/mol. The number of amides is 1. The molecule has 0 radical (unpaired) electrons. The van der Waals surface area contributed by atoms with Gasteiger partial charge in [-0.05, 0) is 17.7 Å². The monoisotopic (exact) mass is 190 g/mol. The third kappa shape index (κ3) is 2.82. The molecule has 4 nitrogen and oxygen atoms in total. The summed E-state index contributed by atoms with van der Waals surface area (Å²) in [4.78, 5) is 25.2. The van der Waals surface area contributed by atoms with Gasteiger partial charge in [0.2, 0.25) is 5.91 Å². The van der Waals surface area contributed by atoms with Crippen molar-refractivity contribution in [2.45, 2.75) is 6.92 Å². The lowest BCUT2D eigenvalue weighted by molar-refractivity contribution is -0.113. The van der Waals surface area contributed by atoms with Gasteiger partial charge in [-0.15, -0.1) is 0 Å². The molecule has 0 bridgehead atoms. The molecule has 0 aliphatic heterocycles. The molecule has 0 spiro atoms. The Morgan fingerprint density at radius 2 is 2.14 bits per heavy atom. The summed E-state index contributed by atoms with van der Waals surface area (Å²) in [7, 11) is 0. The highest BCUT2D eigenvalue weighted by Gasteiger charge is 1.98. The van der Waals surface area contributed by atoms with Gasteiger partial charge in [0, 0.05) is 19.2 Å². The quantitative estimate of drug-likeness (QED) is 0.565. The Labute approximate surface area is 81.4 Å². The van der Waals surface area contributed by atoms with E-state index in [1.807, 2.05) is 0 Å². The zero-order valence-corrected chi connectivity index (χ0v) is 7.73. The van der Waals surface area contributed by atoms with E-state index >= 15 is 0 Å². The summed E-state index contributed by atoms with van der Waals surface area (Å²) in [6.45, 7) is 1.45. The van der Waals surface area contributed by atoms with Crippen molar-refractivity contribution in [3.8, 4) is 0 Å². The van der Waals surface area contributed by atoms with E-state index in [1.54, 1.807) is 18.2 Å². The fourth-order valence-electron chi connectivity index (χ4n) is 0.891. The maximum absolute atomic E-state index is 10.9. The molecule has 1 aromatic rings. The van der Waals surface area contributed by atoms with Crippen LogP contribution in [0, 0.1) is 0 Å². The number of ketones is 1. The normalized spacial score (nSPS) is 10.4. The van der Waals surface area contributed by atoms with Crippen LogP contribution in [0.3, 0.4) is 0 Å². The molecule has 0 saturated carbocycles. The molecule has 1 aromatic heterocycles. The Kier molecular flexibility index (Phi) is 3.12. The Balaban J connectivity index is 2.83. The van der Waals surface area contributed by atoms with E-state index in [1.165, 1.54) is 19.2 Å². The van der Waals surface area contributed by atoms with Crippen molar-refractivity contribution in [3.63, 3.8) is 0 Å². The first-order valence-corrected chi connectivity index (χ1v) is 4.04. The molecule has 1 rings (SSSR count). The van der Waals surface area contributed by atoms with Crippen molar-refractivity contribution in [2.75, 3.05) is 0 Å². The highest BCUT2D eigenvalue weighted by molar-refractivity contribution is 5.92. The van der Waals surface area contributed by atoms with E-state index < -0.39 is 5.91 Å². The number of aromatic nitrogens is 1. The predicted octanol–water partition coefficient (Wildman–Crippen LogP) is 0.783. The smallest absolute Gasteiger partial charge is 0.241 e. The number of Topliss-reactive ketones (excluding diaryl/α,β-unsaturated/α-hetero) is 1. The minimum atomic E-state index is -0.513. The number of rotatable bonds is 3. The summed E-state index contributed by atoms with van der Waals surface area (Å²) < 4.78 is 0. The number of pyridine rings is 1. The highest BCUT2D eigenvalue weighted by Crippen LogP contribution is 2.02. The van der Waals surface area contributed by atoms with E-state index in [0.717, 1.165) is 5.56 Å². The van der Waals surface area contributed by atoms with Crippen molar-refractivity contribution < 1.29 is 9.59 Å². The van der Waals surface area contributed by atoms with Gasteiger partial charge in [-0.25, -0.2) is 0 Å². The topological polar surface area (TPSA) is 73.1 Å². The molecule has 4 heteroatoms. The maximum Gasteiger partial charge on any atom is 0.241 e. The molecule has 14 heavy (non-hydrogen) atoms. The number of nitrogens with zero attached hydrogens (tertiary/aromatic N) is 1. The number of carbonyl (C=O) groups excluding carboxylic acids is 2. The highest BCUT2D eigenvalue weighted by atomic mass is 16.1. The van der Waals surface area contributed by atoms with Crippen LogP contribution in [0.5, 0.6) is 0 Å². The van der Waals surface area contributed by atoms with Crippen LogP contribution in [-0.2, 0) is 4.79 Å². The van der Waals surface area contributed by atoms with Crippen LogP contribution < -0.4 is 5.73 Å². The summed E-state index contributed by atoms with van der Waals surface area (Å²) in [5, 5.41) is 0. The average Bonchev–Trinajstić information content (AvgIpc) is 2.15. The predicted molar refractivity (Wildman–Crippen MR) is 52.5 cm³/mol. The van der Waals surface area contributed by atoms with E-state index in [0.29, 0.717) is 5.69 Å². The second kappa shape index (κ2) is 4.32. The van der Waals surface area contributed by atoms with Gasteiger partial charge < -0.3 is 5.73 Å². The first-order valence-electron chi connectivity index (χ1n) is 4.04. The molecule has 0 saturated heterocycles. The molecule has 0 aromatic carbocycles. The number of hydrogen-bond acceptors (Lipinski definition) is 3. The Morgan fingerprint density at radius 1 is 1.43 bits per heavy atom. The largest absolute Gasteiger partial charge is 0.366 e. The summed E-state index contributed by atoms with van der Waals surface area (Å²) >= 11 is 0. The van der Waals surface area contributed by atoms with Crippen LogP contribution in [0.4, 0.5) is 0 Å². The van der Waals surface area contributed by atoms with E-state index in [2.05, 4.69) is 4.98 Å². The molecular formula is C10H10N2O2. The number of hydrogen-bond donors (Lipinski definition) is 1. The fraction of sp³-hybridized carbons (Fsp3) is 0.100. The van der Waals surface area contributed by atoms with Crippen molar-refractivity contribution in [1.29, 1.82) is 0 Å². The van der Waals surface area contributed by atoms with E-state index in [4.69, 9.17) is 5.73 Å². The Morgan fingerprint density at radius 3 is 2.57 bits per heavy atom. The first kappa shape index (κ1) is 10.1. The molecule has 1 amide bonds. The Hall–Kier alpha value is -1.97. The molecule has 2 N–H and O–H groups in total. The van der Waals surface area contributed by atoms with Crippen LogP contribution in [0.15, 0.2) is 24.4 Å². The summed E-state index contributed by atoms with van der Waals surface area (Å²) in [5.74, 6) is -0.601. The van der Waals surface area contributed by atoms with Gasteiger partial charge >= 0.3 is 0 Å². The van der Waals surface area contributed by atoms with Crippen LogP contribution in [-0.4, -0.2) is 16.7 Å². The Bertz CT molecular complexity index is 380. The third-order valence-electron chi connectivity index (χ3n) is 1.59. The SMILES string of the molecule is CC(=O)c1ccc(C=CC(N)=O)cn1. The van der Waals surface area contributed by atoms with Crippen LogP contribution in [0.1, 0.15) is 23.0 Å². The number of primary amides is 1. The molecule has 72 valence electrons. The van der Waals surface area contributed by atoms with Crippen LogP contribution in [0.2, 0.25) is 0 Å². The van der Waals surface area contributed by atoms with Crippen molar-refractivity contribution in [2.24, 2.45) is 5.73 Å². The van der Waals surface area contributed by atoms with Crippen molar-refractivity contribution in [3.05, 3.63) is 35.7 Å². The maximum atomic E-state index is 10.9. The second-order valence-electron chi connectivity index (χ2n) is 2.77. The van der Waals surface area contributed by atoms with E-state index in [-0.39, 0.29) is 5.78 Å². The lowest BCUT2D eigenvalue weighted by atomic mass is 10.2.